The minimum Gasteiger partial charge on any atom is -0.312 e. The van der Waals surface area contributed by atoms with Crippen LogP contribution in [0.2, 0.25) is 0 Å². The van der Waals surface area contributed by atoms with E-state index in [1.54, 1.807) is 0 Å². The fourth-order valence-corrected chi connectivity index (χ4v) is 4.65. The maximum absolute atomic E-state index is 3.51. The van der Waals surface area contributed by atoms with E-state index in [2.05, 4.69) is 66.6 Å². The highest BCUT2D eigenvalue weighted by molar-refractivity contribution is 7.99. The lowest BCUT2D eigenvalue weighted by atomic mass is 10.00. The van der Waals surface area contributed by atoms with Crippen LogP contribution in [0, 0.1) is 0 Å². The van der Waals surface area contributed by atoms with Gasteiger partial charge < -0.3 is 5.32 Å². The molecule has 0 aromatic heterocycles. The monoisotopic (exact) mass is 285 g/mol. The van der Waals surface area contributed by atoms with Gasteiger partial charge in [-0.25, -0.2) is 0 Å². The first-order valence-electron chi connectivity index (χ1n) is 7.65. The van der Waals surface area contributed by atoms with Gasteiger partial charge in [0.1, 0.15) is 0 Å². The standard InChI is InChI=1S/C18H23NS/c1-19-18(13-20-15-9-3-4-10-15)17-12-6-8-14-7-2-5-11-16(14)17/h2,5-8,11-12,15,18-19H,3-4,9-10,13H2,1H3. The molecule has 0 aliphatic heterocycles. The molecule has 0 bridgehead atoms. The third kappa shape index (κ3) is 3.02. The largest absolute Gasteiger partial charge is 0.312 e. The summed E-state index contributed by atoms with van der Waals surface area (Å²) in [6.07, 6.45) is 5.68. The van der Waals surface area contributed by atoms with Crippen LogP contribution in [0.3, 0.4) is 0 Å². The summed E-state index contributed by atoms with van der Waals surface area (Å²) >= 11 is 2.16. The van der Waals surface area contributed by atoms with Gasteiger partial charge in [0.05, 0.1) is 0 Å². The number of hydrogen-bond donors (Lipinski definition) is 1. The highest BCUT2D eigenvalue weighted by Gasteiger charge is 2.19. The lowest BCUT2D eigenvalue weighted by Gasteiger charge is -2.20. The predicted molar refractivity (Wildman–Crippen MR) is 90.5 cm³/mol. The number of benzene rings is 2. The Morgan fingerprint density at radius 1 is 1.10 bits per heavy atom. The Hall–Kier alpha value is -0.990. The molecule has 1 fully saturated rings. The van der Waals surface area contributed by atoms with Crippen molar-refractivity contribution in [2.45, 2.75) is 37.0 Å². The van der Waals surface area contributed by atoms with E-state index in [1.807, 2.05) is 0 Å². The summed E-state index contributed by atoms with van der Waals surface area (Å²) in [5.41, 5.74) is 1.44. The van der Waals surface area contributed by atoms with Crippen molar-refractivity contribution in [1.29, 1.82) is 0 Å². The van der Waals surface area contributed by atoms with E-state index in [9.17, 15) is 0 Å². The van der Waals surface area contributed by atoms with E-state index in [1.165, 1.54) is 47.8 Å². The topological polar surface area (TPSA) is 12.0 Å². The second-order valence-corrected chi connectivity index (χ2v) is 6.98. The Labute approximate surface area is 126 Å². The zero-order valence-corrected chi connectivity index (χ0v) is 13.0. The molecule has 1 unspecified atom stereocenters. The fourth-order valence-electron chi connectivity index (χ4n) is 3.17. The van der Waals surface area contributed by atoms with Crippen LogP contribution in [0.5, 0.6) is 0 Å². The lowest BCUT2D eigenvalue weighted by Crippen LogP contribution is -2.20. The van der Waals surface area contributed by atoms with Crippen LogP contribution in [0.25, 0.3) is 10.8 Å². The lowest BCUT2D eigenvalue weighted by molar-refractivity contribution is 0.665. The average molecular weight is 285 g/mol. The molecular formula is C18H23NS. The molecule has 0 amide bonds. The van der Waals surface area contributed by atoms with Gasteiger partial charge in [0.2, 0.25) is 0 Å². The second kappa shape index (κ2) is 6.64. The molecule has 106 valence electrons. The zero-order valence-electron chi connectivity index (χ0n) is 12.1. The smallest absolute Gasteiger partial charge is 0.0415 e. The van der Waals surface area contributed by atoms with Crippen LogP contribution in [0.1, 0.15) is 37.3 Å². The first-order chi connectivity index (χ1) is 9.88. The van der Waals surface area contributed by atoms with E-state index >= 15 is 0 Å². The number of hydrogen-bond acceptors (Lipinski definition) is 2. The van der Waals surface area contributed by atoms with Gasteiger partial charge in [0.15, 0.2) is 0 Å². The Morgan fingerprint density at radius 2 is 1.85 bits per heavy atom. The minimum absolute atomic E-state index is 0.451. The number of rotatable bonds is 5. The third-order valence-corrected chi connectivity index (χ3v) is 5.82. The van der Waals surface area contributed by atoms with Crippen LogP contribution in [0.15, 0.2) is 42.5 Å². The Kier molecular flexibility index (Phi) is 4.64. The molecule has 0 spiro atoms. The van der Waals surface area contributed by atoms with Crippen molar-refractivity contribution in [2.24, 2.45) is 0 Å². The van der Waals surface area contributed by atoms with Gasteiger partial charge in [-0.1, -0.05) is 55.3 Å². The van der Waals surface area contributed by atoms with Gasteiger partial charge in [-0.15, -0.1) is 0 Å². The Morgan fingerprint density at radius 3 is 2.65 bits per heavy atom. The summed E-state index contributed by atoms with van der Waals surface area (Å²) in [5.74, 6) is 1.18. The molecule has 2 aromatic carbocycles. The van der Waals surface area contributed by atoms with Gasteiger partial charge in [0, 0.05) is 17.0 Å². The van der Waals surface area contributed by atoms with Crippen LogP contribution < -0.4 is 5.32 Å². The maximum atomic E-state index is 3.51. The average Bonchev–Trinajstić information content (AvgIpc) is 3.01. The van der Waals surface area contributed by atoms with Crippen molar-refractivity contribution in [3.05, 3.63) is 48.0 Å². The van der Waals surface area contributed by atoms with E-state index in [0.717, 1.165) is 5.25 Å². The van der Waals surface area contributed by atoms with Crippen molar-refractivity contribution in [3.8, 4) is 0 Å². The first kappa shape index (κ1) is 14.0. The maximum Gasteiger partial charge on any atom is 0.0415 e. The second-order valence-electron chi connectivity index (χ2n) is 5.65. The van der Waals surface area contributed by atoms with Crippen molar-refractivity contribution in [3.63, 3.8) is 0 Å². The molecule has 2 heteroatoms. The summed E-state index contributed by atoms with van der Waals surface area (Å²) in [4.78, 5) is 0. The van der Waals surface area contributed by atoms with Crippen LogP contribution in [-0.2, 0) is 0 Å². The van der Waals surface area contributed by atoms with Crippen molar-refractivity contribution >= 4 is 22.5 Å². The summed E-state index contributed by atoms with van der Waals surface area (Å²) < 4.78 is 0. The van der Waals surface area contributed by atoms with Crippen LogP contribution in [0.4, 0.5) is 0 Å². The van der Waals surface area contributed by atoms with E-state index in [-0.39, 0.29) is 0 Å². The molecule has 1 nitrogen and oxygen atoms in total. The SMILES string of the molecule is CNC(CSC1CCCC1)c1cccc2ccccc12. The molecule has 1 atom stereocenters. The third-order valence-electron chi connectivity index (χ3n) is 4.35. The molecule has 0 radical (unpaired) electrons. The van der Waals surface area contributed by atoms with Gasteiger partial charge in [0.25, 0.3) is 0 Å². The van der Waals surface area contributed by atoms with Gasteiger partial charge >= 0.3 is 0 Å². The van der Waals surface area contributed by atoms with Gasteiger partial charge in [-0.3, -0.25) is 0 Å². The van der Waals surface area contributed by atoms with E-state index < -0.39 is 0 Å². The summed E-state index contributed by atoms with van der Waals surface area (Å²) in [6, 6.07) is 15.8. The zero-order chi connectivity index (χ0) is 13.8. The van der Waals surface area contributed by atoms with Crippen molar-refractivity contribution < 1.29 is 0 Å². The predicted octanol–water partition coefficient (Wildman–Crippen LogP) is 4.78. The summed E-state index contributed by atoms with van der Waals surface area (Å²) in [7, 11) is 2.08. The Bertz CT molecular complexity index is 555. The molecule has 1 saturated carbocycles. The summed E-state index contributed by atoms with van der Waals surface area (Å²) in [6.45, 7) is 0. The molecule has 1 N–H and O–H groups in total. The fraction of sp³-hybridized carbons (Fsp3) is 0.444. The van der Waals surface area contributed by atoms with Crippen LogP contribution in [-0.4, -0.2) is 18.1 Å². The van der Waals surface area contributed by atoms with Crippen molar-refractivity contribution in [2.75, 3.05) is 12.8 Å². The van der Waals surface area contributed by atoms with E-state index in [4.69, 9.17) is 0 Å². The molecule has 0 heterocycles. The van der Waals surface area contributed by atoms with Crippen LogP contribution >= 0.6 is 11.8 Å². The number of fused-ring (bicyclic) bond motifs is 1. The number of thioether (sulfide) groups is 1. The quantitative estimate of drug-likeness (QED) is 0.848. The molecule has 1 aliphatic carbocycles. The molecule has 0 saturated heterocycles. The number of nitrogens with one attached hydrogen (secondary N) is 1. The van der Waals surface area contributed by atoms with Crippen molar-refractivity contribution in [1.82, 2.24) is 5.32 Å². The normalized spacial score (nSPS) is 17.6. The minimum atomic E-state index is 0.451. The highest BCUT2D eigenvalue weighted by atomic mass is 32.2. The van der Waals surface area contributed by atoms with E-state index in [0.29, 0.717) is 6.04 Å². The molecule has 3 rings (SSSR count). The molecular weight excluding hydrogens is 262 g/mol. The highest BCUT2D eigenvalue weighted by Crippen LogP contribution is 2.33. The van der Waals surface area contributed by atoms with Gasteiger partial charge in [-0.2, -0.15) is 11.8 Å². The molecule has 2 aromatic rings. The molecule has 1 aliphatic rings. The molecule has 20 heavy (non-hydrogen) atoms. The first-order valence-corrected chi connectivity index (χ1v) is 8.70. The Balaban J connectivity index is 1.79. The summed E-state index contributed by atoms with van der Waals surface area (Å²) in [5, 5.41) is 7.14. The van der Waals surface area contributed by atoms with Gasteiger partial charge in [-0.05, 0) is 36.2 Å².